The molecule has 58 heavy (non-hydrogen) atoms. The molecule has 1 N–H and O–H groups in total. The van der Waals surface area contributed by atoms with Crippen LogP contribution in [-0.2, 0) is 38.5 Å². The Morgan fingerprint density at radius 3 is 1.95 bits per heavy atom. The minimum absolute atomic E-state index is 0.0308. The third-order valence-electron chi connectivity index (χ3n) is 10.2. The number of carbonyl (C=O) groups is 3. The van der Waals surface area contributed by atoms with Gasteiger partial charge in [0.1, 0.15) is 23.4 Å². The first-order valence-electron chi connectivity index (χ1n) is 19.4. The Kier molecular flexibility index (Phi) is 14.0. The van der Waals surface area contributed by atoms with E-state index < -0.39 is 24.2 Å². The van der Waals surface area contributed by atoms with E-state index in [4.69, 9.17) is 18.9 Å². The molecule has 0 fully saturated rings. The van der Waals surface area contributed by atoms with Crippen molar-refractivity contribution < 1.29 is 38.4 Å². The Labute approximate surface area is 340 Å². The van der Waals surface area contributed by atoms with E-state index in [0.717, 1.165) is 27.8 Å². The van der Waals surface area contributed by atoms with Crippen LogP contribution in [0.4, 0.5) is 5.69 Å². The summed E-state index contributed by atoms with van der Waals surface area (Å²) in [5.74, 6) is 0.883. The lowest BCUT2D eigenvalue weighted by molar-refractivity contribution is -0.149. The van der Waals surface area contributed by atoms with E-state index in [1.165, 1.54) is 6.92 Å². The van der Waals surface area contributed by atoms with Gasteiger partial charge in [-0.15, -0.1) is 6.58 Å². The zero-order chi connectivity index (χ0) is 41.0. The molecule has 0 aliphatic carbocycles. The summed E-state index contributed by atoms with van der Waals surface area (Å²) in [7, 11) is 3.18. The van der Waals surface area contributed by atoms with Gasteiger partial charge in [-0.3, -0.25) is 14.4 Å². The second-order valence-electron chi connectivity index (χ2n) is 14.2. The summed E-state index contributed by atoms with van der Waals surface area (Å²) in [6.07, 6.45) is 1.51. The lowest BCUT2D eigenvalue weighted by Crippen LogP contribution is -2.53. The zero-order valence-corrected chi connectivity index (χ0v) is 33.2. The highest BCUT2D eigenvalue weighted by Gasteiger charge is 2.50. The topological polar surface area (TPSA) is 115 Å². The highest BCUT2D eigenvalue weighted by atomic mass is 16.5. The van der Waals surface area contributed by atoms with Crippen molar-refractivity contribution in [3.63, 3.8) is 0 Å². The fraction of sp³-hybridized carbons (Fsp3) is 0.271. The molecule has 1 aliphatic heterocycles. The monoisotopic (exact) mass is 782 g/mol. The maximum Gasteiger partial charge on any atom is 0.302 e. The van der Waals surface area contributed by atoms with Crippen LogP contribution in [-0.4, -0.2) is 67.4 Å². The number of carbonyl (C=O) groups excluding carboxylic acids is 3. The molecule has 0 saturated heterocycles. The van der Waals surface area contributed by atoms with Gasteiger partial charge >= 0.3 is 5.97 Å². The number of methoxy groups -OCH3 is 2. The predicted molar refractivity (Wildman–Crippen MR) is 224 cm³/mol. The van der Waals surface area contributed by atoms with Crippen LogP contribution in [0.1, 0.15) is 48.1 Å². The SMILES string of the molecule is C=CCC(OC(C)=O)[C@@H]1[C@@H](N(Cc2ccc(-c3ccccc3)cc2)C(=O)Cc2ccc(OC)cc2)c2cc(OCCCO)ccc2N1C(=O)Cc1ccc(OC)cc1. The molecule has 1 heterocycles. The average molecular weight is 783 g/mol. The van der Waals surface area contributed by atoms with Crippen molar-refractivity contribution in [1.82, 2.24) is 4.90 Å². The fourth-order valence-electron chi connectivity index (χ4n) is 7.47. The van der Waals surface area contributed by atoms with Crippen molar-refractivity contribution in [2.24, 2.45) is 0 Å². The molecular weight excluding hydrogens is 733 g/mol. The van der Waals surface area contributed by atoms with Gasteiger partial charge in [-0.05, 0) is 70.3 Å². The maximum absolute atomic E-state index is 15.0. The van der Waals surface area contributed by atoms with E-state index in [2.05, 4.69) is 6.58 Å². The van der Waals surface area contributed by atoms with Crippen LogP contribution in [0.5, 0.6) is 17.2 Å². The Morgan fingerprint density at radius 2 is 1.36 bits per heavy atom. The quantitative estimate of drug-likeness (QED) is 0.0542. The van der Waals surface area contributed by atoms with Crippen LogP contribution in [0.2, 0.25) is 0 Å². The Hall–Kier alpha value is -6.39. The number of ether oxygens (including phenoxy) is 4. The summed E-state index contributed by atoms with van der Waals surface area (Å²) >= 11 is 0. The maximum atomic E-state index is 15.0. The van der Waals surface area contributed by atoms with E-state index in [1.54, 1.807) is 48.3 Å². The molecule has 0 bridgehead atoms. The van der Waals surface area contributed by atoms with Gasteiger partial charge in [0.2, 0.25) is 11.8 Å². The van der Waals surface area contributed by atoms with E-state index in [-0.39, 0.29) is 50.8 Å². The number of esters is 1. The largest absolute Gasteiger partial charge is 0.497 e. The van der Waals surface area contributed by atoms with Crippen molar-refractivity contribution in [1.29, 1.82) is 0 Å². The van der Waals surface area contributed by atoms with Gasteiger partial charge in [0.15, 0.2) is 0 Å². The highest BCUT2D eigenvalue weighted by Crippen LogP contribution is 2.48. The first-order chi connectivity index (χ1) is 28.2. The predicted octanol–water partition coefficient (Wildman–Crippen LogP) is 7.91. The molecule has 1 aliphatic rings. The highest BCUT2D eigenvalue weighted by molar-refractivity contribution is 5.99. The Bertz CT molecular complexity index is 2150. The molecule has 6 rings (SSSR count). The van der Waals surface area contributed by atoms with Crippen molar-refractivity contribution in [2.75, 3.05) is 32.3 Å². The second kappa shape index (κ2) is 19.7. The smallest absolute Gasteiger partial charge is 0.302 e. The zero-order valence-electron chi connectivity index (χ0n) is 33.2. The van der Waals surface area contributed by atoms with Gasteiger partial charge in [-0.1, -0.05) is 84.9 Å². The number of fused-ring (bicyclic) bond motifs is 1. The summed E-state index contributed by atoms with van der Waals surface area (Å²) in [4.78, 5) is 46.1. The lowest BCUT2D eigenvalue weighted by atomic mass is 9.93. The van der Waals surface area contributed by atoms with Gasteiger partial charge in [0.05, 0.1) is 45.8 Å². The van der Waals surface area contributed by atoms with E-state index in [1.807, 2.05) is 103 Å². The first-order valence-corrected chi connectivity index (χ1v) is 19.4. The summed E-state index contributed by atoms with van der Waals surface area (Å²) in [5, 5.41) is 9.48. The molecule has 0 spiro atoms. The minimum atomic E-state index is -0.872. The number of hydrogen-bond acceptors (Lipinski definition) is 8. The fourth-order valence-corrected chi connectivity index (χ4v) is 7.47. The summed E-state index contributed by atoms with van der Waals surface area (Å²) in [5.41, 5.74) is 5.75. The molecular formula is C48H50N2O8. The molecule has 0 aromatic heterocycles. The van der Waals surface area contributed by atoms with Crippen LogP contribution in [0.3, 0.4) is 0 Å². The number of aliphatic hydroxyl groups excluding tert-OH is 1. The van der Waals surface area contributed by atoms with Crippen molar-refractivity contribution in [3.8, 4) is 28.4 Å². The molecule has 5 aromatic rings. The van der Waals surface area contributed by atoms with Gasteiger partial charge in [0, 0.05) is 44.2 Å². The number of nitrogens with zero attached hydrogens (tertiary/aromatic N) is 2. The number of amides is 2. The molecule has 10 heteroatoms. The molecule has 0 radical (unpaired) electrons. The van der Waals surface area contributed by atoms with Gasteiger partial charge in [0.25, 0.3) is 0 Å². The van der Waals surface area contributed by atoms with E-state index in [9.17, 15) is 14.7 Å². The van der Waals surface area contributed by atoms with Gasteiger partial charge < -0.3 is 33.9 Å². The molecule has 5 aromatic carbocycles. The number of anilines is 1. The van der Waals surface area contributed by atoms with Crippen LogP contribution in [0, 0.1) is 0 Å². The summed E-state index contributed by atoms with van der Waals surface area (Å²) in [6, 6.07) is 36.6. The van der Waals surface area contributed by atoms with Crippen LogP contribution >= 0.6 is 0 Å². The van der Waals surface area contributed by atoms with Crippen LogP contribution < -0.4 is 19.1 Å². The molecule has 1 unspecified atom stereocenters. The molecule has 2 amide bonds. The number of rotatable bonds is 18. The summed E-state index contributed by atoms with van der Waals surface area (Å²) in [6.45, 7) is 5.73. The number of benzene rings is 5. The second-order valence-corrected chi connectivity index (χ2v) is 14.2. The minimum Gasteiger partial charge on any atom is -0.497 e. The van der Waals surface area contributed by atoms with Gasteiger partial charge in [-0.25, -0.2) is 0 Å². The van der Waals surface area contributed by atoms with Crippen molar-refractivity contribution >= 4 is 23.5 Å². The number of hydrogen-bond donors (Lipinski definition) is 1. The Morgan fingerprint density at radius 1 is 0.776 bits per heavy atom. The van der Waals surface area contributed by atoms with Crippen LogP contribution in [0.25, 0.3) is 11.1 Å². The Balaban J connectivity index is 1.50. The normalized spacial score (nSPS) is 14.9. The van der Waals surface area contributed by atoms with Crippen LogP contribution in [0.15, 0.2) is 134 Å². The van der Waals surface area contributed by atoms with E-state index >= 15 is 4.79 Å². The molecule has 0 saturated carbocycles. The number of aliphatic hydroxyl groups is 1. The third kappa shape index (κ3) is 9.94. The molecule has 10 nitrogen and oxygen atoms in total. The van der Waals surface area contributed by atoms with Crippen molar-refractivity contribution in [3.05, 3.63) is 156 Å². The van der Waals surface area contributed by atoms with E-state index in [0.29, 0.717) is 34.9 Å². The molecule has 300 valence electrons. The lowest BCUT2D eigenvalue weighted by Gasteiger charge is -2.39. The van der Waals surface area contributed by atoms with Crippen molar-refractivity contribution in [2.45, 2.75) is 57.3 Å². The molecule has 3 atom stereocenters. The average Bonchev–Trinajstić information content (AvgIpc) is 3.58. The van der Waals surface area contributed by atoms with Gasteiger partial charge in [-0.2, -0.15) is 0 Å². The summed E-state index contributed by atoms with van der Waals surface area (Å²) < 4.78 is 22.9. The first kappa shape index (κ1) is 41.2. The third-order valence-corrected chi connectivity index (χ3v) is 10.2. The standard InChI is InChI=1S/C48H50N2O8/c1-5-10-44(58-33(2)52)48-47(42-31-41(57-28-9-27-51)25-26-43(42)50(48)46(54)30-35-17-23-40(56-4)24-18-35)49(45(53)29-34-15-21-39(55-3)22-16-34)32-36-13-19-38(20-14-36)37-11-7-6-8-12-37/h5-8,11-26,31,44,47-48,51H,1,9-10,27-30,32H2,2-4H3/t44?,47-,48+/m0/s1.